The smallest absolute Gasteiger partial charge is 0.326 e. The lowest BCUT2D eigenvalue weighted by Gasteiger charge is -2.18. The topological polar surface area (TPSA) is 66.4 Å². The number of piperidine rings is 1. The number of carbonyl (C=O) groups is 2. The van der Waals surface area contributed by atoms with Crippen LogP contribution in [0.2, 0.25) is 0 Å². The summed E-state index contributed by atoms with van der Waals surface area (Å²) in [5.74, 6) is -0.507. The van der Waals surface area contributed by atoms with Gasteiger partial charge in [0.15, 0.2) is 0 Å². The molecule has 0 aromatic rings. The number of hydrogen-bond acceptors (Lipinski definition) is 2. The van der Waals surface area contributed by atoms with Crippen LogP contribution in [-0.4, -0.2) is 23.0 Å². The minimum absolute atomic E-state index is 0.0753. The van der Waals surface area contributed by atoms with Crippen molar-refractivity contribution < 1.29 is 14.7 Å². The Morgan fingerprint density at radius 2 is 2.27 bits per heavy atom. The molecule has 11 heavy (non-hydrogen) atoms. The van der Waals surface area contributed by atoms with Gasteiger partial charge in [-0.2, -0.15) is 0 Å². The second kappa shape index (κ2) is 1.96. The molecule has 2 fully saturated rings. The standard InChI is InChI=1S/C7H9NO3/c9-6-4-1-3(4)2-5(8-6)7(10)11/h3-5H,1-2H2,(H,8,9)(H,10,11). The number of fused-ring (bicyclic) bond motifs is 1. The van der Waals surface area contributed by atoms with Gasteiger partial charge in [-0.15, -0.1) is 0 Å². The number of carboxylic acids is 1. The van der Waals surface area contributed by atoms with Crippen LogP contribution in [0.1, 0.15) is 12.8 Å². The summed E-state index contributed by atoms with van der Waals surface area (Å²) in [5.41, 5.74) is 0. The van der Waals surface area contributed by atoms with Crippen LogP contribution < -0.4 is 5.32 Å². The molecule has 0 spiro atoms. The zero-order chi connectivity index (χ0) is 8.01. The summed E-state index contributed by atoms with van der Waals surface area (Å²) in [6, 6.07) is -0.633. The Bertz CT molecular complexity index is 226. The number of nitrogens with one attached hydrogen (secondary N) is 1. The first-order valence-electron chi connectivity index (χ1n) is 3.71. The molecule has 3 unspecified atom stereocenters. The largest absolute Gasteiger partial charge is 0.480 e. The van der Waals surface area contributed by atoms with Crippen LogP contribution in [0.5, 0.6) is 0 Å². The summed E-state index contributed by atoms with van der Waals surface area (Å²) in [5, 5.41) is 11.0. The van der Waals surface area contributed by atoms with Gasteiger partial charge in [0.2, 0.25) is 5.91 Å². The van der Waals surface area contributed by atoms with Gasteiger partial charge in [-0.05, 0) is 18.8 Å². The third kappa shape index (κ3) is 0.982. The lowest BCUT2D eigenvalue weighted by Crippen LogP contribution is -2.45. The van der Waals surface area contributed by atoms with Crippen molar-refractivity contribution in [1.29, 1.82) is 0 Å². The second-order valence-electron chi connectivity index (χ2n) is 3.24. The SMILES string of the molecule is O=C(O)C1CC2CC2C(=O)N1. The van der Waals surface area contributed by atoms with Crippen molar-refractivity contribution in [3.05, 3.63) is 0 Å². The molecule has 60 valence electrons. The summed E-state index contributed by atoms with van der Waals surface area (Å²) in [6.45, 7) is 0. The van der Waals surface area contributed by atoms with Gasteiger partial charge < -0.3 is 10.4 Å². The molecule has 2 aliphatic rings. The summed E-state index contributed by atoms with van der Waals surface area (Å²) in [7, 11) is 0. The van der Waals surface area contributed by atoms with E-state index in [0.29, 0.717) is 12.3 Å². The fourth-order valence-electron chi connectivity index (χ4n) is 1.63. The van der Waals surface area contributed by atoms with Crippen molar-refractivity contribution in [2.24, 2.45) is 11.8 Å². The van der Waals surface area contributed by atoms with Crippen LogP contribution in [0.3, 0.4) is 0 Å². The highest BCUT2D eigenvalue weighted by molar-refractivity contribution is 5.88. The monoisotopic (exact) mass is 155 g/mol. The van der Waals surface area contributed by atoms with Crippen molar-refractivity contribution in [2.45, 2.75) is 18.9 Å². The summed E-state index contributed by atoms with van der Waals surface area (Å²) < 4.78 is 0. The van der Waals surface area contributed by atoms with Gasteiger partial charge in [0.25, 0.3) is 0 Å². The Kier molecular flexibility index (Phi) is 1.19. The number of carbonyl (C=O) groups excluding carboxylic acids is 1. The quantitative estimate of drug-likeness (QED) is 0.541. The molecule has 1 saturated heterocycles. The molecular formula is C7H9NO3. The van der Waals surface area contributed by atoms with E-state index in [2.05, 4.69) is 5.32 Å². The molecule has 3 atom stereocenters. The maximum atomic E-state index is 11.0. The van der Waals surface area contributed by atoms with Crippen LogP contribution in [0.15, 0.2) is 0 Å². The predicted octanol–water partition coefficient (Wildman–Crippen LogP) is -0.404. The Labute approximate surface area is 63.6 Å². The van der Waals surface area contributed by atoms with E-state index < -0.39 is 12.0 Å². The van der Waals surface area contributed by atoms with E-state index >= 15 is 0 Å². The number of hydrogen-bond donors (Lipinski definition) is 2. The average Bonchev–Trinajstić information content (AvgIpc) is 2.66. The molecule has 1 aliphatic carbocycles. The number of rotatable bonds is 1. The zero-order valence-corrected chi connectivity index (χ0v) is 5.91. The third-order valence-electron chi connectivity index (χ3n) is 2.41. The molecular weight excluding hydrogens is 146 g/mol. The maximum Gasteiger partial charge on any atom is 0.326 e. The Balaban J connectivity index is 2.05. The summed E-state index contributed by atoms with van der Waals surface area (Å²) in [4.78, 5) is 21.4. The van der Waals surface area contributed by atoms with E-state index in [1.165, 1.54) is 0 Å². The fourth-order valence-corrected chi connectivity index (χ4v) is 1.63. The first-order valence-corrected chi connectivity index (χ1v) is 3.71. The van der Waals surface area contributed by atoms with E-state index in [1.54, 1.807) is 0 Å². The molecule has 4 nitrogen and oxygen atoms in total. The molecule has 2 N–H and O–H groups in total. The van der Waals surface area contributed by atoms with E-state index in [-0.39, 0.29) is 11.8 Å². The molecule has 2 rings (SSSR count). The Morgan fingerprint density at radius 3 is 2.82 bits per heavy atom. The highest BCUT2D eigenvalue weighted by atomic mass is 16.4. The highest BCUT2D eigenvalue weighted by Gasteiger charge is 2.49. The Hall–Kier alpha value is -1.06. The van der Waals surface area contributed by atoms with Crippen LogP contribution in [0.25, 0.3) is 0 Å². The molecule has 1 amide bonds. The van der Waals surface area contributed by atoms with E-state index in [1.807, 2.05) is 0 Å². The van der Waals surface area contributed by atoms with Gasteiger partial charge >= 0.3 is 5.97 Å². The van der Waals surface area contributed by atoms with Gasteiger partial charge in [0.1, 0.15) is 6.04 Å². The third-order valence-corrected chi connectivity index (χ3v) is 2.41. The lowest BCUT2D eigenvalue weighted by molar-refractivity contribution is -0.143. The first kappa shape index (κ1) is 6.64. The first-order chi connectivity index (χ1) is 5.18. The normalized spacial score (nSPS) is 40.7. The molecule has 0 radical (unpaired) electrons. The van der Waals surface area contributed by atoms with E-state index in [4.69, 9.17) is 5.11 Å². The predicted molar refractivity (Wildman–Crippen MR) is 35.8 cm³/mol. The minimum Gasteiger partial charge on any atom is -0.480 e. The molecule has 1 aliphatic heterocycles. The van der Waals surface area contributed by atoms with Crippen molar-refractivity contribution >= 4 is 11.9 Å². The summed E-state index contributed by atoms with van der Waals surface area (Å²) >= 11 is 0. The van der Waals surface area contributed by atoms with Crippen LogP contribution in [0.4, 0.5) is 0 Å². The lowest BCUT2D eigenvalue weighted by atomic mass is 10.0. The van der Waals surface area contributed by atoms with Crippen molar-refractivity contribution in [3.8, 4) is 0 Å². The maximum absolute atomic E-state index is 11.0. The highest BCUT2D eigenvalue weighted by Crippen LogP contribution is 2.44. The fraction of sp³-hybridized carbons (Fsp3) is 0.714. The molecule has 4 heteroatoms. The summed E-state index contributed by atoms with van der Waals surface area (Å²) in [6.07, 6.45) is 1.50. The molecule has 0 aromatic heterocycles. The van der Waals surface area contributed by atoms with Crippen molar-refractivity contribution in [3.63, 3.8) is 0 Å². The second-order valence-corrected chi connectivity index (χ2v) is 3.24. The van der Waals surface area contributed by atoms with Crippen LogP contribution in [0, 0.1) is 11.8 Å². The molecule has 1 heterocycles. The van der Waals surface area contributed by atoms with Gasteiger partial charge in [-0.3, -0.25) is 4.79 Å². The van der Waals surface area contributed by atoms with Crippen molar-refractivity contribution in [2.75, 3.05) is 0 Å². The number of carboxylic acid groups (broad SMARTS) is 1. The van der Waals surface area contributed by atoms with E-state index in [9.17, 15) is 9.59 Å². The average molecular weight is 155 g/mol. The molecule has 1 saturated carbocycles. The van der Waals surface area contributed by atoms with Crippen molar-refractivity contribution in [1.82, 2.24) is 5.32 Å². The van der Waals surface area contributed by atoms with Crippen LogP contribution in [-0.2, 0) is 9.59 Å². The molecule has 0 aromatic carbocycles. The minimum atomic E-state index is -0.913. The van der Waals surface area contributed by atoms with Gasteiger partial charge in [0, 0.05) is 5.92 Å². The van der Waals surface area contributed by atoms with Gasteiger partial charge in [-0.25, -0.2) is 4.79 Å². The zero-order valence-electron chi connectivity index (χ0n) is 5.91. The van der Waals surface area contributed by atoms with Gasteiger partial charge in [-0.1, -0.05) is 0 Å². The van der Waals surface area contributed by atoms with Crippen LogP contribution >= 0.6 is 0 Å². The van der Waals surface area contributed by atoms with E-state index in [0.717, 1.165) is 6.42 Å². The van der Waals surface area contributed by atoms with Gasteiger partial charge in [0.05, 0.1) is 0 Å². The Morgan fingerprint density at radius 1 is 1.55 bits per heavy atom. The number of aliphatic carboxylic acids is 1. The molecule has 0 bridgehead atoms. The number of amides is 1.